The molecule has 1 atom stereocenters. The Kier molecular flexibility index (Phi) is 3.91. The van der Waals surface area contributed by atoms with E-state index in [9.17, 15) is 9.90 Å². The van der Waals surface area contributed by atoms with E-state index in [-0.39, 0.29) is 5.97 Å². The minimum absolute atomic E-state index is 0.333. The Hall–Kier alpha value is -1.29. The van der Waals surface area contributed by atoms with Gasteiger partial charge in [0.05, 0.1) is 12.7 Å². The third-order valence-electron chi connectivity index (χ3n) is 2.09. The van der Waals surface area contributed by atoms with Crippen LogP contribution in [0.15, 0.2) is 12.3 Å². The molecule has 1 N–H and O–H groups in total. The number of aliphatic hydroxyl groups excluding tert-OH is 1. The molecule has 4 heteroatoms. The van der Waals surface area contributed by atoms with Crippen LogP contribution in [0.4, 0.5) is 0 Å². The predicted octanol–water partition coefficient (Wildman–Crippen LogP) is 1.35. The fourth-order valence-corrected chi connectivity index (χ4v) is 1.50. The van der Waals surface area contributed by atoms with Crippen LogP contribution in [-0.2, 0) is 11.3 Å². The molecule has 1 aromatic rings. The fraction of sp³-hybridized carbons (Fsp3) is 0.545. The van der Waals surface area contributed by atoms with E-state index in [1.54, 1.807) is 24.6 Å². The van der Waals surface area contributed by atoms with E-state index < -0.39 is 6.10 Å². The molecule has 0 bridgehead atoms. The predicted molar refractivity (Wildman–Crippen MR) is 56.8 cm³/mol. The lowest BCUT2D eigenvalue weighted by Gasteiger charge is -2.10. The van der Waals surface area contributed by atoms with Crippen molar-refractivity contribution < 1.29 is 14.6 Å². The molecule has 1 unspecified atom stereocenters. The number of hydrogen-bond donors (Lipinski definition) is 1. The number of esters is 1. The molecule has 0 amide bonds. The van der Waals surface area contributed by atoms with Crippen LogP contribution in [0, 0.1) is 6.92 Å². The Labute approximate surface area is 89.5 Å². The van der Waals surface area contributed by atoms with E-state index in [2.05, 4.69) is 0 Å². The highest BCUT2D eigenvalue weighted by Gasteiger charge is 2.16. The van der Waals surface area contributed by atoms with Gasteiger partial charge in [0.2, 0.25) is 0 Å². The summed E-state index contributed by atoms with van der Waals surface area (Å²) in [6, 6.07) is 1.84. The van der Waals surface area contributed by atoms with Crippen LogP contribution in [0.3, 0.4) is 0 Å². The van der Waals surface area contributed by atoms with E-state index in [0.717, 1.165) is 5.56 Å². The zero-order valence-corrected chi connectivity index (χ0v) is 9.36. The summed E-state index contributed by atoms with van der Waals surface area (Å²) in [5, 5.41) is 9.28. The number of nitrogens with zero attached hydrogens (tertiary/aromatic N) is 1. The van der Waals surface area contributed by atoms with Crippen LogP contribution >= 0.6 is 0 Å². The number of carbonyl (C=O) groups is 1. The lowest BCUT2D eigenvalue weighted by Crippen LogP contribution is -2.18. The normalized spacial score (nSPS) is 12.5. The van der Waals surface area contributed by atoms with Gasteiger partial charge in [-0.2, -0.15) is 0 Å². The van der Waals surface area contributed by atoms with Crippen LogP contribution in [0.25, 0.3) is 0 Å². The Bertz CT molecular complexity index is 342. The Balaban J connectivity index is 2.93. The number of rotatable bonds is 4. The quantitative estimate of drug-likeness (QED) is 0.765. The summed E-state index contributed by atoms with van der Waals surface area (Å²) in [6.07, 6.45) is 1.30. The summed E-state index contributed by atoms with van der Waals surface area (Å²) in [7, 11) is 0. The number of aliphatic hydroxyl groups is 1. The smallest absolute Gasteiger partial charge is 0.355 e. The molecule has 15 heavy (non-hydrogen) atoms. The molecule has 0 saturated heterocycles. The summed E-state index contributed by atoms with van der Waals surface area (Å²) in [5.41, 5.74) is 1.40. The Morgan fingerprint density at radius 2 is 2.33 bits per heavy atom. The molecular formula is C11H17NO3. The highest BCUT2D eigenvalue weighted by atomic mass is 16.5. The largest absolute Gasteiger partial charge is 0.461 e. The van der Waals surface area contributed by atoms with Gasteiger partial charge in [-0.25, -0.2) is 4.79 Å². The van der Waals surface area contributed by atoms with Crippen molar-refractivity contribution in [2.24, 2.45) is 0 Å². The number of aryl methyl sites for hydroxylation is 1. The zero-order valence-electron chi connectivity index (χ0n) is 9.36. The van der Waals surface area contributed by atoms with Crippen molar-refractivity contribution in [1.82, 2.24) is 4.57 Å². The number of hydrogen-bond acceptors (Lipinski definition) is 3. The average Bonchev–Trinajstić information content (AvgIpc) is 2.46. The molecule has 1 heterocycles. The molecule has 1 rings (SSSR count). The molecule has 0 saturated carbocycles. The first-order valence-corrected chi connectivity index (χ1v) is 5.07. The van der Waals surface area contributed by atoms with E-state index in [1.165, 1.54) is 0 Å². The van der Waals surface area contributed by atoms with Crippen LogP contribution in [0.1, 0.15) is 29.9 Å². The van der Waals surface area contributed by atoms with E-state index in [4.69, 9.17) is 4.74 Å². The van der Waals surface area contributed by atoms with Crippen molar-refractivity contribution in [3.8, 4) is 0 Å². The van der Waals surface area contributed by atoms with Crippen LogP contribution in [0.2, 0.25) is 0 Å². The summed E-state index contributed by atoms with van der Waals surface area (Å²) >= 11 is 0. The SMILES string of the molecule is CCOC(=O)c1c(C)ccn1CC(C)O. The second-order valence-corrected chi connectivity index (χ2v) is 3.57. The molecule has 0 spiro atoms. The van der Waals surface area contributed by atoms with Crippen molar-refractivity contribution in [2.45, 2.75) is 33.4 Å². The summed E-state index contributed by atoms with van der Waals surface area (Å²) in [4.78, 5) is 11.6. The highest BCUT2D eigenvalue weighted by Crippen LogP contribution is 2.12. The minimum atomic E-state index is -0.482. The first kappa shape index (κ1) is 11.8. The first-order valence-electron chi connectivity index (χ1n) is 5.07. The first-order chi connectivity index (χ1) is 7.06. The van der Waals surface area contributed by atoms with Crippen LogP contribution in [-0.4, -0.2) is 28.4 Å². The molecule has 1 aromatic heterocycles. The van der Waals surface area contributed by atoms with Crippen molar-refractivity contribution in [3.05, 3.63) is 23.5 Å². The van der Waals surface area contributed by atoms with Gasteiger partial charge < -0.3 is 14.4 Å². The molecule has 0 aliphatic carbocycles. The van der Waals surface area contributed by atoms with Crippen molar-refractivity contribution in [1.29, 1.82) is 0 Å². The molecule has 0 aliphatic rings. The molecule has 84 valence electrons. The van der Waals surface area contributed by atoms with Gasteiger partial charge in [0.1, 0.15) is 5.69 Å². The molecular weight excluding hydrogens is 194 g/mol. The van der Waals surface area contributed by atoms with Crippen molar-refractivity contribution in [2.75, 3.05) is 6.61 Å². The Morgan fingerprint density at radius 1 is 1.67 bits per heavy atom. The second kappa shape index (κ2) is 4.98. The van der Waals surface area contributed by atoms with Gasteiger partial charge in [0.25, 0.3) is 0 Å². The van der Waals surface area contributed by atoms with Gasteiger partial charge in [-0.3, -0.25) is 0 Å². The maximum atomic E-state index is 11.6. The van der Waals surface area contributed by atoms with Gasteiger partial charge in [0.15, 0.2) is 0 Å². The van der Waals surface area contributed by atoms with Gasteiger partial charge in [0, 0.05) is 12.7 Å². The van der Waals surface area contributed by atoms with E-state index in [1.807, 2.05) is 13.0 Å². The molecule has 0 aliphatic heterocycles. The average molecular weight is 211 g/mol. The van der Waals surface area contributed by atoms with Crippen molar-refractivity contribution in [3.63, 3.8) is 0 Å². The minimum Gasteiger partial charge on any atom is -0.461 e. The maximum absolute atomic E-state index is 11.6. The number of ether oxygens (including phenoxy) is 1. The molecule has 0 fully saturated rings. The second-order valence-electron chi connectivity index (χ2n) is 3.57. The van der Waals surface area contributed by atoms with Crippen molar-refractivity contribution >= 4 is 5.97 Å². The summed E-state index contributed by atoms with van der Waals surface area (Å²) in [6.45, 7) is 6.07. The molecule has 0 radical (unpaired) electrons. The topological polar surface area (TPSA) is 51.5 Å². The summed E-state index contributed by atoms with van der Waals surface area (Å²) in [5.74, 6) is -0.333. The third-order valence-corrected chi connectivity index (χ3v) is 2.09. The van der Waals surface area contributed by atoms with Crippen LogP contribution < -0.4 is 0 Å². The highest BCUT2D eigenvalue weighted by molar-refractivity contribution is 5.89. The van der Waals surface area contributed by atoms with E-state index >= 15 is 0 Å². The standard InChI is InChI=1S/C11H17NO3/c1-4-15-11(14)10-8(2)5-6-12(10)7-9(3)13/h5-6,9,13H,4,7H2,1-3H3. The maximum Gasteiger partial charge on any atom is 0.355 e. The lowest BCUT2D eigenvalue weighted by molar-refractivity contribution is 0.0509. The lowest BCUT2D eigenvalue weighted by atomic mass is 10.2. The van der Waals surface area contributed by atoms with Gasteiger partial charge in [-0.05, 0) is 32.4 Å². The van der Waals surface area contributed by atoms with Gasteiger partial charge in [-0.1, -0.05) is 0 Å². The fourth-order valence-electron chi connectivity index (χ4n) is 1.50. The van der Waals surface area contributed by atoms with E-state index in [0.29, 0.717) is 18.8 Å². The van der Waals surface area contributed by atoms with Gasteiger partial charge in [-0.15, -0.1) is 0 Å². The third kappa shape index (κ3) is 2.83. The molecule has 4 nitrogen and oxygen atoms in total. The monoisotopic (exact) mass is 211 g/mol. The zero-order chi connectivity index (χ0) is 11.4. The Morgan fingerprint density at radius 3 is 2.87 bits per heavy atom. The number of carbonyl (C=O) groups excluding carboxylic acids is 1. The number of aromatic nitrogens is 1. The van der Waals surface area contributed by atoms with Crippen LogP contribution in [0.5, 0.6) is 0 Å². The summed E-state index contributed by atoms with van der Waals surface area (Å²) < 4.78 is 6.67. The van der Waals surface area contributed by atoms with Gasteiger partial charge >= 0.3 is 5.97 Å². The molecule has 0 aromatic carbocycles.